The first-order chi connectivity index (χ1) is 9.52. The summed E-state index contributed by atoms with van der Waals surface area (Å²) in [7, 11) is 0. The number of nitrogens with zero attached hydrogens (tertiary/aromatic N) is 1. The maximum atomic E-state index is 12.4. The van der Waals surface area contributed by atoms with E-state index in [1.165, 1.54) is 0 Å². The molecular weight excluding hydrogens is 252 g/mol. The molecule has 0 spiro atoms. The SMILES string of the molecule is CCC1C(=O)NCCN1CC(=O)c1ccc(C)cc1C. The van der Waals surface area contributed by atoms with Crippen molar-refractivity contribution in [2.75, 3.05) is 19.6 Å². The Bertz CT molecular complexity index is 525. The van der Waals surface area contributed by atoms with Crippen molar-refractivity contribution in [3.8, 4) is 0 Å². The van der Waals surface area contributed by atoms with Gasteiger partial charge in [-0.25, -0.2) is 0 Å². The molecule has 0 aromatic heterocycles. The molecule has 4 nitrogen and oxygen atoms in total. The molecule has 1 heterocycles. The molecule has 2 rings (SSSR count). The van der Waals surface area contributed by atoms with Gasteiger partial charge in [0.05, 0.1) is 12.6 Å². The monoisotopic (exact) mass is 274 g/mol. The molecule has 4 heteroatoms. The Balaban J connectivity index is 2.12. The van der Waals surface area contributed by atoms with Gasteiger partial charge in [-0.05, 0) is 25.8 Å². The summed E-state index contributed by atoms with van der Waals surface area (Å²) in [4.78, 5) is 26.2. The van der Waals surface area contributed by atoms with Gasteiger partial charge in [-0.3, -0.25) is 14.5 Å². The van der Waals surface area contributed by atoms with Gasteiger partial charge in [-0.2, -0.15) is 0 Å². The zero-order valence-corrected chi connectivity index (χ0v) is 12.4. The van der Waals surface area contributed by atoms with Gasteiger partial charge >= 0.3 is 0 Å². The Morgan fingerprint density at radius 3 is 2.80 bits per heavy atom. The van der Waals surface area contributed by atoms with E-state index in [4.69, 9.17) is 0 Å². The molecule has 1 atom stereocenters. The highest BCUT2D eigenvalue weighted by Gasteiger charge is 2.29. The number of ketones is 1. The van der Waals surface area contributed by atoms with E-state index >= 15 is 0 Å². The fourth-order valence-corrected chi connectivity index (χ4v) is 2.79. The lowest BCUT2D eigenvalue weighted by atomic mass is 10.0. The van der Waals surface area contributed by atoms with Gasteiger partial charge in [-0.15, -0.1) is 0 Å². The average molecular weight is 274 g/mol. The van der Waals surface area contributed by atoms with Crippen LogP contribution in [0, 0.1) is 13.8 Å². The molecule has 1 fully saturated rings. The summed E-state index contributed by atoms with van der Waals surface area (Å²) in [5.74, 6) is 0.128. The molecule has 0 saturated carbocycles. The number of nitrogens with one attached hydrogen (secondary N) is 1. The van der Waals surface area contributed by atoms with Gasteiger partial charge in [0.15, 0.2) is 5.78 Å². The van der Waals surface area contributed by atoms with Gasteiger partial charge < -0.3 is 5.32 Å². The number of hydrogen-bond acceptors (Lipinski definition) is 3. The van der Waals surface area contributed by atoms with Crippen molar-refractivity contribution in [1.82, 2.24) is 10.2 Å². The number of Topliss-reactive ketones (excluding diaryl/α,β-unsaturated/α-hetero) is 1. The molecule has 20 heavy (non-hydrogen) atoms. The van der Waals surface area contributed by atoms with E-state index in [1.807, 2.05) is 43.9 Å². The molecule has 1 aliphatic rings. The third-order valence-electron chi connectivity index (χ3n) is 3.86. The summed E-state index contributed by atoms with van der Waals surface area (Å²) in [6, 6.07) is 5.68. The summed E-state index contributed by atoms with van der Waals surface area (Å²) in [6.45, 7) is 7.63. The topological polar surface area (TPSA) is 49.4 Å². The second kappa shape index (κ2) is 6.18. The van der Waals surface area contributed by atoms with Gasteiger partial charge in [0.25, 0.3) is 0 Å². The minimum atomic E-state index is -0.182. The van der Waals surface area contributed by atoms with Crippen LogP contribution in [-0.4, -0.2) is 42.3 Å². The zero-order valence-electron chi connectivity index (χ0n) is 12.4. The zero-order chi connectivity index (χ0) is 14.7. The van der Waals surface area contributed by atoms with Gasteiger partial charge in [0.2, 0.25) is 5.91 Å². The number of hydrogen-bond donors (Lipinski definition) is 1. The van der Waals surface area contributed by atoms with Crippen LogP contribution in [0.2, 0.25) is 0 Å². The summed E-state index contributed by atoms with van der Waals surface area (Å²) >= 11 is 0. The standard InChI is InChI=1S/C16H22N2O2/c1-4-14-16(20)17-7-8-18(14)10-15(19)13-6-5-11(2)9-12(13)3/h5-6,9,14H,4,7-8,10H2,1-3H3,(H,17,20). The van der Waals surface area contributed by atoms with E-state index in [0.717, 1.165) is 29.7 Å². The van der Waals surface area contributed by atoms with Gasteiger partial charge in [0, 0.05) is 18.7 Å². The van der Waals surface area contributed by atoms with Crippen LogP contribution in [0.3, 0.4) is 0 Å². The third kappa shape index (κ3) is 3.07. The fraction of sp³-hybridized carbons (Fsp3) is 0.500. The molecule has 1 amide bonds. The molecule has 1 N–H and O–H groups in total. The third-order valence-corrected chi connectivity index (χ3v) is 3.86. The second-order valence-corrected chi connectivity index (χ2v) is 5.43. The van der Waals surface area contributed by atoms with Crippen LogP contribution in [0.15, 0.2) is 18.2 Å². The van der Waals surface area contributed by atoms with Crippen LogP contribution in [0.4, 0.5) is 0 Å². The predicted octanol–water partition coefficient (Wildman–Crippen LogP) is 1.70. The number of aryl methyl sites for hydroxylation is 2. The van der Waals surface area contributed by atoms with Crippen LogP contribution >= 0.6 is 0 Å². The lowest BCUT2D eigenvalue weighted by Crippen LogP contribution is -2.56. The van der Waals surface area contributed by atoms with E-state index < -0.39 is 0 Å². The number of rotatable bonds is 4. The summed E-state index contributed by atoms with van der Waals surface area (Å²) in [5, 5.41) is 2.85. The van der Waals surface area contributed by atoms with Crippen molar-refractivity contribution >= 4 is 11.7 Å². The highest BCUT2D eigenvalue weighted by molar-refractivity contribution is 5.99. The Morgan fingerprint density at radius 2 is 2.15 bits per heavy atom. The van der Waals surface area contributed by atoms with E-state index in [1.54, 1.807) is 0 Å². The van der Waals surface area contributed by atoms with Crippen molar-refractivity contribution in [2.45, 2.75) is 33.2 Å². The molecule has 0 aliphatic carbocycles. The molecular formula is C16H22N2O2. The van der Waals surface area contributed by atoms with Crippen molar-refractivity contribution in [2.24, 2.45) is 0 Å². The average Bonchev–Trinajstić information content (AvgIpc) is 2.38. The van der Waals surface area contributed by atoms with Crippen LogP contribution in [0.5, 0.6) is 0 Å². The second-order valence-electron chi connectivity index (χ2n) is 5.43. The Hall–Kier alpha value is -1.68. The van der Waals surface area contributed by atoms with Crippen molar-refractivity contribution in [3.63, 3.8) is 0 Å². The Labute approximate surface area is 120 Å². The lowest BCUT2D eigenvalue weighted by Gasteiger charge is -2.33. The van der Waals surface area contributed by atoms with Gasteiger partial charge in [-0.1, -0.05) is 30.7 Å². The van der Waals surface area contributed by atoms with E-state index in [0.29, 0.717) is 13.1 Å². The molecule has 1 unspecified atom stereocenters. The predicted molar refractivity (Wildman–Crippen MR) is 78.9 cm³/mol. The van der Waals surface area contributed by atoms with Crippen molar-refractivity contribution < 1.29 is 9.59 Å². The normalized spacial score (nSPS) is 19.8. The lowest BCUT2D eigenvalue weighted by molar-refractivity contribution is -0.128. The number of piperazine rings is 1. The van der Waals surface area contributed by atoms with E-state index in [9.17, 15) is 9.59 Å². The first-order valence-electron chi connectivity index (χ1n) is 7.15. The number of amides is 1. The Kier molecular flexibility index (Phi) is 4.55. The van der Waals surface area contributed by atoms with E-state index in [2.05, 4.69) is 5.32 Å². The number of carbonyl (C=O) groups is 2. The molecule has 108 valence electrons. The number of carbonyl (C=O) groups excluding carboxylic acids is 2. The molecule has 1 aromatic rings. The van der Waals surface area contributed by atoms with Crippen LogP contribution < -0.4 is 5.32 Å². The van der Waals surface area contributed by atoms with Crippen molar-refractivity contribution in [1.29, 1.82) is 0 Å². The minimum Gasteiger partial charge on any atom is -0.353 e. The number of benzene rings is 1. The first kappa shape index (κ1) is 14.7. The summed E-state index contributed by atoms with van der Waals surface area (Å²) < 4.78 is 0. The maximum Gasteiger partial charge on any atom is 0.237 e. The van der Waals surface area contributed by atoms with Crippen LogP contribution in [0.1, 0.15) is 34.8 Å². The molecule has 0 radical (unpaired) electrons. The maximum absolute atomic E-state index is 12.4. The first-order valence-corrected chi connectivity index (χ1v) is 7.15. The largest absolute Gasteiger partial charge is 0.353 e. The molecule has 1 aromatic carbocycles. The van der Waals surface area contributed by atoms with Gasteiger partial charge in [0.1, 0.15) is 0 Å². The quantitative estimate of drug-likeness (QED) is 0.850. The van der Waals surface area contributed by atoms with Crippen LogP contribution in [-0.2, 0) is 4.79 Å². The van der Waals surface area contributed by atoms with Crippen molar-refractivity contribution in [3.05, 3.63) is 34.9 Å². The van der Waals surface area contributed by atoms with E-state index in [-0.39, 0.29) is 17.7 Å². The molecule has 1 aliphatic heterocycles. The minimum absolute atomic E-state index is 0.0344. The fourth-order valence-electron chi connectivity index (χ4n) is 2.79. The highest BCUT2D eigenvalue weighted by atomic mass is 16.2. The highest BCUT2D eigenvalue weighted by Crippen LogP contribution is 2.14. The molecule has 1 saturated heterocycles. The summed E-state index contributed by atoms with van der Waals surface area (Å²) in [5.41, 5.74) is 2.92. The van der Waals surface area contributed by atoms with Crippen LogP contribution in [0.25, 0.3) is 0 Å². The molecule has 0 bridgehead atoms. The summed E-state index contributed by atoms with van der Waals surface area (Å²) in [6.07, 6.45) is 0.728. The Morgan fingerprint density at radius 1 is 1.40 bits per heavy atom. The smallest absolute Gasteiger partial charge is 0.237 e.